The molecule has 0 aliphatic carbocycles. The Kier molecular flexibility index (Phi) is 4.88. The van der Waals surface area contributed by atoms with Gasteiger partial charge in [0.05, 0.1) is 0 Å². The van der Waals surface area contributed by atoms with Gasteiger partial charge in [0.15, 0.2) is 0 Å². The summed E-state index contributed by atoms with van der Waals surface area (Å²) in [7, 11) is 0. The lowest BCUT2D eigenvalue weighted by atomic mass is 9.78. The normalized spacial score (nSPS) is 14.2. The molecule has 1 unspecified atom stereocenters. The lowest BCUT2D eigenvalue weighted by molar-refractivity contribution is 0.260. The maximum Gasteiger partial charge on any atom is 0.0115 e. The maximum atomic E-state index is 4.55. The third-order valence-electron chi connectivity index (χ3n) is 3.51. The lowest BCUT2D eigenvalue weighted by Gasteiger charge is -2.28. The molecule has 1 rings (SSSR count). The van der Waals surface area contributed by atoms with Crippen molar-refractivity contribution in [2.75, 3.05) is 0 Å². The lowest BCUT2D eigenvalue weighted by Crippen LogP contribution is -2.19. The van der Waals surface area contributed by atoms with Crippen LogP contribution in [0.1, 0.15) is 45.7 Å². The third kappa shape index (κ3) is 3.92. The van der Waals surface area contributed by atoms with Crippen molar-refractivity contribution in [2.24, 2.45) is 11.3 Å². The molecule has 0 aliphatic rings. The summed E-state index contributed by atoms with van der Waals surface area (Å²) >= 11 is 4.55. The summed E-state index contributed by atoms with van der Waals surface area (Å²) in [6, 6.07) is 6.38. The van der Waals surface area contributed by atoms with Crippen molar-refractivity contribution in [3.63, 3.8) is 0 Å². The summed E-state index contributed by atoms with van der Waals surface area (Å²) in [6.45, 7) is 11.3. The highest BCUT2D eigenvalue weighted by Crippen LogP contribution is 2.31. The molecule has 1 aromatic carbocycles. The number of thiol groups is 1. The van der Waals surface area contributed by atoms with E-state index >= 15 is 0 Å². The first-order valence-electron chi connectivity index (χ1n) is 6.29. The van der Waals surface area contributed by atoms with E-state index in [1.54, 1.807) is 0 Å². The highest BCUT2D eigenvalue weighted by atomic mass is 32.1. The molecule has 0 radical (unpaired) electrons. The number of hydrogen-bond donors (Lipinski definition) is 1. The molecule has 0 aromatic heterocycles. The number of allylic oxidation sites excluding steroid dienone is 1. The Morgan fingerprint density at radius 1 is 1.29 bits per heavy atom. The summed E-state index contributed by atoms with van der Waals surface area (Å²) in [5, 5.41) is 0. The minimum absolute atomic E-state index is 0.347. The van der Waals surface area contributed by atoms with Crippen LogP contribution in [0.25, 0.3) is 6.08 Å². The zero-order valence-corrected chi connectivity index (χ0v) is 12.5. The second-order valence-electron chi connectivity index (χ2n) is 5.82. The van der Waals surface area contributed by atoms with Gasteiger partial charge in [0, 0.05) is 4.90 Å². The van der Waals surface area contributed by atoms with Crippen LogP contribution >= 0.6 is 12.6 Å². The van der Waals surface area contributed by atoms with Gasteiger partial charge < -0.3 is 0 Å². The molecule has 0 saturated heterocycles. The molecular weight excluding hydrogens is 224 g/mol. The van der Waals surface area contributed by atoms with Crippen molar-refractivity contribution in [1.82, 2.24) is 0 Å². The Morgan fingerprint density at radius 3 is 2.47 bits per heavy atom. The molecule has 1 atom stereocenters. The quantitative estimate of drug-likeness (QED) is 0.695. The highest BCUT2D eigenvalue weighted by Gasteiger charge is 2.21. The van der Waals surface area contributed by atoms with Crippen molar-refractivity contribution in [3.8, 4) is 0 Å². The van der Waals surface area contributed by atoms with Crippen molar-refractivity contribution in [2.45, 2.75) is 45.9 Å². The molecule has 0 nitrogen and oxygen atoms in total. The van der Waals surface area contributed by atoms with E-state index in [1.165, 1.54) is 11.1 Å². The van der Waals surface area contributed by atoms with Gasteiger partial charge in [-0.25, -0.2) is 0 Å². The van der Waals surface area contributed by atoms with Crippen LogP contribution < -0.4 is 0 Å². The summed E-state index contributed by atoms with van der Waals surface area (Å²) < 4.78 is 0. The first-order chi connectivity index (χ1) is 7.86. The standard InChI is InChI=1S/C16H24S/c1-6-8-14-13(9-7-10-15(14)17)11-12(2)16(3,4)5/h6-10,12,17H,11H2,1-5H3/b8-6-. The van der Waals surface area contributed by atoms with E-state index in [0.717, 1.165) is 11.3 Å². The van der Waals surface area contributed by atoms with Crippen LogP contribution in [0, 0.1) is 11.3 Å². The minimum Gasteiger partial charge on any atom is -0.143 e. The van der Waals surface area contributed by atoms with E-state index in [-0.39, 0.29) is 0 Å². The number of benzene rings is 1. The molecule has 0 heterocycles. The second-order valence-corrected chi connectivity index (χ2v) is 6.30. The van der Waals surface area contributed by atoms with Gasteiger partial charge in [-0.3, -0.25) is 0 Å². The molecule has 17 heavy (non-hydrogen) atoms. The fourth-order valence-electron chi connectivity index (χ4n) is 1.77. The van der Waals surface area contributed by atoms with Crippen LogP contribution in [-0.2, 0) is 6.42 Å². The van der Waals surface area contributed by atoms with Crippen LogP contribution in [0.15, 0.2) is 29.2 Å². The van der Waals surface area contributed by atoms with Crippen molar-refractivity contribution >= 4 is 18.7 Å². The predicted octanol–water partition coefficient (Wildman–Crippen LogP) is 5.23. The van der Waals surface area contributed by atoms with Crippen molar-refractivity contribution < 1.29 is 0 Å². The van der Waals surface area contributed by atoms with E-state index in [4.69, 9.17) is 0 Å². The van der Waals surface area contributed by atoms with Crippen LogP contribution in [0.2, 0.25) is 0 Å². The zero-order chi connectivity index (χ0) is 13.1. The molecule has 0 fully saturated rings. The van der Waals surface area contributed by atoms with E-state index < -0.39 is 0 Å². The fraction of sp³-hybridized carbons (Fsp3) is 0.500. The van der Waals surface area contributed by atoms with Gasteiger partial charge in [-0.15, -0.1) is 12.6 Å². The molecule has 0 spiro atoms. The third-order valence-corrected chi connectivity index (χ3v) is 3.90. The fourth-order valence-corrected chi connectivity index (χ4v) is 2.08. The Balaban J connectivity index is 3.02. The van der Waals surface area contributed by atoms with E-state index in [9.17, 15) is 0 Å². The Hall–Kier alpha value is -0.690. The summed E-state index contributed by atoms with van der Waals surface area (Å²) in [5.41, 5.74) is 3.02. The highest BCUT2D eigenvalue weighted by molar-refractivity contribution is 7.80. The molecule has 0 aliphatic heterocycles. The molecule has 0 N–H and O–H groups in total. The van der Waals surface area contributed by atoms with Gasteiger partial charge in [-0.05, 0) is 41.9 Å². The van der Waals surface area contributed by atoms with E-state index in [1.807, 2.05) is 0 Å². The molecule has 0 bridgehead atoms. The van der Waals surface area contributed by atoms with E-state index in [2.05, 4.69) is 77.6 Å². The number of rotatable bonds is 3. The first-order valence-corrected chi connectivity index (χ1v) is 6.74. The predicted molar refractivity (Wildman–Crippen MR) is 80.7 cm³/mol. The monoisotopic (exact) mass is 248 g/mol. The Morgan fingerprint density at radius 2 is 1.94 bits per heavy atom. The average Bonchev–Trinajstić information content (AvgIpc) is 2.21. The van der Waals surface area contributed by atoms with Crippen LogP contribution in [0.3, 0.4) is 0 Å². The van der Waals surface area contributed by atoms with Gasteiger partial charge in [0.25, 0.3) is 0 Å². The molecule has 1 aromatic rings. The molecule has 0 amide bonds. The van der Waals surface area contributed by atoms with Crippen molar-refractivity contribution in [3.05, 3.63) is 35.4 Å². The maximum absolute atomic E-state index is 4.55. The molecule has 94 valence electrons. The molecule has 1 heteroatoms. The van der Waals surface area contributed by atoms with Gasteiger partial charge in [-0.2, -0.15) is 0 Å². The largest absolute Gasteiger partial charge is 0.143 e. The summed E-state index contributed by atoms with van der Waals surface area (Å²) in [6.07, 6.45) is 5.35. The van der Waals surface area contributed by atoms with Gasteiger partial charge in [-0.1, -0.05) is 52.0 Å². The van der Waals surface area contributed by atoms with Gasteiger partial charge in [0.1, 0.15) is 0 Å². The Bertz CT molecular complexity index is 396. The minimum atomic E-state index is 0.347. The van der Waals surface area contributed by atoms with Gasteiger partial charge >= 0.3 is 0 Å². The van der Waals surface area contributed by atoms with Crippen LogP contribution in [0.5, 0.6) is 0 Å². The second kappa shape index (κ2) is 5.77. The average molecular weight is 248 g/mol. The summed E-state index contributed by atoms with van der Waals surface area (Å²) in [4.78, 5) is 1.07. The molecular formula is C16H24S. The van der Waals surface area contributed by atoms with E-state index in [0.29, 0.717) is 11.3 Å². The van der Waals surface area contributed by atoms with Crippen LogP contribution in [-0.4, -0.2) is 0 Å². The van der Waals surface area contributed by atoms with Crippen molar-refractivity contribution in [1.29, 1.82) is 0 Å². The topological polar surface area (TPSA) is 0 Å². The molecule has 0 saturated carbocycles. The number of hydrogen-bond acceptors (Lipinski definition) is 1. The zero-order valence-electron chi connectivity index (χ0n) is 11.6. The van der Waals surface area contributed by atoms with Crippen LogP contribution in [0.4, 0.5) is 0 Å². The Labute approximate surface area is 112 Å². The van der Waals surface area contributed by atoms with Gasteiger partial charge in [0.2, 0.25) is 0 Å². The summed E-state index contributed by atoms with van der Waals surface area (Å²) in [5.74, 6) is 0.654. The smallest absolute Gasteiger partial charge is 0.0115 e. The first kappa shape index (κ1) is 14.4. The SMILES string of the molecule is C/C=C\c1c(S)cccc1CC(C)C(C)(C)C.